The van der Waals surface area contributed by atoms with E-state index in [1.54, 1.807) is 22.8 Å². The number of aromatic nitrogens is 3. The van der Waals surface area contributed by atoms with E-state index < -0.39 is 0 Å². The summed E-state index contributed by atoms with van der Waals surface area (Å²) in [4.78, 5) is 4.19. The number of thioether (sulfide) groups is 1. The normalized spacial score (nSPS) is 11.0. The fourth-order valence-corrected chi connectivity index (χ4v) is 2.17. The zero-order valence-corrected chi connectivity index (χ0v) is 10.5. The van der Waals surface area contributed by atoms with Gasteiger partial charge in [0.2, 0.25) is 5.16 Å². The third kappa shape index (κ3) is 1.76. The number of benzene rings is 1. The van der Waals surface area contributed by atoms with Crippen LogP contribution >= 0.6 is 11.8 Å². The van der Waals surface area contributed by atoms with Gasteiger partial charge in [-0.15, -0.1) is 5.10 Å². The van der Waals surface area contributed by atoms with E-state index in [9.17, 15) is 4.39 Å². The first-order chi connectivity index (χ1) is 8.79. The minimum Gasteiger partial charge on any atom is -0.229 e. The lowest BCUT2D eigenvalue weighted by Gasteiger charge is -2.04. The second kappa shape index (κ2) is 4.42. The molecule has 1 aromatic carbocycles. The Balaban J connectivity index is 2.26. The summed E-state index contributed by atoms with van der Waals surface area (Å²) >= 11 is 1.46. The molecule has 0 amide bonds. The second-order valence-corrected chi connectivity index (χ2v) is 4.55. The molecule has 0 unspecified atom stereocenters. The summed E-state index contributed by atoms with van der Waals surface area (Å²) in [6.45, 7) is 0. The number of halogens is 1. The van der Waals surface area contributed by atoms with E-state index in [-0.39, 0.29) is 5.82 Å². The molecule has 90 valence electrons. The lowest BCUT2D eigenvalue weighted by atomic mass is 10.1. The van der Waals surface area contributed by atoms with Crippen LogP contribution in [-0.4, -0.2) is 20.9 Å². The number of rotatable bonds is 2. The smallest absolute Gasteiger partial charge is 0.207 e. The van der Waals surface area contributed by atoms with Crippen LogP contribution in [0.25, 0.3) is 16.8 Å². The average molecular weight is 259 g/mol. The fraction of sp³-hybridized carbons (Fsp3) is 0.0769. The van der Waals surface area contributed by atoms with Gasteiger partial charge in [0.15, 0.2) is 0 Å². The Hall–Kier alpha value is -1.88. The van der Waals surface area contributed by atoms with Gasteiger partial charge in [-0.2, -0.15) is 0 Å². The molecule has 5 heteroatoms. The first kappa shape index (κ1) is 11.2. The number of hydrogen-bond acceptors (Lipinski definition) is 3. The average Bonchev–Trinajstić information content (AvgIpc) is 2.82. The lowest BCUT2D eigenvalue weighted by Crippen LogP contribution is -1.98. The standard InChI is InChI=1S/C13H10FN3S/c1-18-13-15-8-9-6-7-12(17(9)16-13)10-4-2-3-5-11(10)14/h2-8H,1H3. The largest absolute Gasteiger partial charge is 0.229 e. The van der Waals surface area contributed by atoms with E-state index in [1.807, 2.05) is 24.5 Å². The Labute approximate surface area is 108 Å². The van der Waals surface area contributed by atoms with Crippen LogP contribution in [-0.2, 0) is 0 Å². The van der Waals surface area contributed by atoms with E-state index in [0.29, 0.717) is 10.7 Å². The summed E-state index contributed by atoms with van der Waals surface area (Å²) in [5.74, 6) is -0.248. The van der Waals surface area contributed by atoms with E-state index >= 15 is 0 Å². The Morgan fingerprint density at radius 2 is 2.00 bits per heavy atom. The van der Waals surface area contributed by atoms with E-state index in [4.69, 9.17) is 0 Å². The molecule has 0 saturated carbocycles. The Kier molecular flexibility index (Phi) is 2.76. The Morgan fingerprint density at radius 1 is 1.17 bits per heavy atom. The molecule has 3 aromatic rings. The zero-order chi connectivity index (χ0) is 12.5. The minimum atomic E-state index is -0.248. The SMILES string of the molecule is CSc1ncc2ccc(-c3ccccc3F)n2n1. The van der Waals surface area contributed by atoms with Crippen LogP contribution in [0.3, 0.4) is 0 Å². The second-order valence-electron chi connectivity index (χ2n) is 3.78. The van der Waals surface area contributed by atoms with Crippen molar-refractivity contribution >= 4 is 17.3 Å². The van der Waals surface area contributed by atoms with Crippen LogP contribution < -0.4 is 0 Å². The Bertz CT molecular complexity index is 708. The summed E-state index contributed by atoms with van der Waals surface area (Å²) in [6.07, 6.45) is 3.65. The predicted molar refractivity (Wildman–Crippen MR) is 70.2 cm³/mol. The zero-order valence-electron chi connectivity index (χ0n) is 9.67. The summed E-state index contributed by atoms with van der Waals surface area (Å²) in [7, 11) is 0. The van der Waals surface area contributed by atoms with Gasteiger partial charge in [-0.3, -0.25) is 0 Å². The van der Waals surface area contributed by atoms with E-state index in [1.165, 1.54) is 17.8 Å². The molecule has 0 bridgehead atoms. The van der Waals surface area contributed by atoms with Crippen LogP contribution in [0.5, 0.6) is 0 Å². The van der Waals surface area contributed by atoms with Gasteiger partial charge in [0.05, 0.1) is 17.4 Å². The first-order valence-corrected chi connectivity index (χ1v) is 6.66. The van der Waals surface area contributed by atoms with Crippen molar-refractivity contribution in [3.05, 3.63) is 48.4 Å². The van der Waals surface area contributed by atoms with Gasteiger partial charge in [0, 0.05) is 5.56 Å². The number of fused-ring (bicyclic) bond motifs is 1. The number of hydrogen-bond donors (Lipinski definition) is 0. The van der Waals surface area contributed by atoms with Gasteiger partial charge in [-0.05, 0) is 30.5 Å². The fourth-order valence-electron chi connectivity index (χ4n) is 1.85. The van der Waals surface area contributed by atoms with E-state index in [2.05, 4.69) is 10.1 Å². The minimum absolute atomic E-state index is 0.248. The van der Waals surface area contributed by atoms with Gasteiger partial charge in [-0.1, -0.05) is 23.9 Å². The van der Waals surface area contributed by atoms with Crippen molar-refractivity contribution in [3.63, 3.8) is 0 Å². The highest BCUT2D eigenvalue weighted by atomic mass is 32.2. The third-order valence-electron chi connectivity index (χ3n) is 2.71. The quantitative estimate of drug-likeness (QED) is 0.662. The monoisotopic (exact) mass is 259 g/mol. The van der Waals surface area contributed by atoms with Crippen molar-refractivity contribution in [2.75, 3.05) is 6.26 Å². The van der Waals surface area contributed by atoms with Crippen LogP contribution in [0.2, 0.25) is 0 Å². The van der Waals surface area contributed by atoms with Crippen molar-refractivity contribution in [2.45, 2.75) is 5.16 Å². The maximum absolute atomic E-state index is 13.8. The molecule has 3 rings (SSSR count). The van der Waals surface area contributed by atoms with Crippen molar-refractivity contribution in [1.29, 1.82) is 0 Å². The number of nitrogens with zero attached hydrogens (tertiary/aromatic N) is 3. The molecule has 18 heavy (non-hydrogen) atoms. The molecule has 3 nitrogen and oxygen atoms in total. The summed E-state index contributed by atoms with van der Waals surface area (Å²) in [5.41, 5.74) is 2.13. The molecular formula is C13H10FN3S. The van der Waals surface area contributed by atoms with Gasteiger partial charge in [0.25, 0.3) is 0 Å². The van der Waals surface area contributed by atoms with Gasteiger partial charge >= 0.3 is 0 Å². The maximum atomic E-state index is 13.8. The summed E-state index contributed by atoms with van der Waals surface area (Å²) in [5, 5.41) is 5.04. The van der Waals surface area contributed by atoms with Gasteiger partial charge in [-0.25, -0.2) is 13.9 Å². The molecule has 0 radical (unpaired) electrons. The molecule has 0 N–H and O–H groups in total. The summed E-state index contributed by atoms with van der Waals surface area (Å²) in [6, 6.07) is 10.4. The Morgan fingerprint density at radius 3 is 2.78 bits per heavy atom. The molecule has 0 aliphatic carbocycles. The lowest BCUT2D eigenvalue weighted by molar-refractivity contribution is 0.629. The van der Waals surface area contributed by atoms with Gasteiger partial charge in [0.1, 0.15) is 5.82 Å². The molecule has 0 spiro atoms. The highest BCUT2D eigenvalue weighted by molar-refractivity contribution is 7.98. The maximum Gasteiger partial charge on any atom is 0.207 e. The molecule has 0 saturated heterocycles. The van der Waals surface area contributed by atoms with Crippen molar-refractivity contribution in [3.8, 4) is 11.3 Å². The molecular weight excluding hydrogens is 249 g/mol. The van der Waals surface area contributed by atoms with Gasteiger partial charge < -0.3 is 0 Å². The van der Waals surface area contributed by atoms with Crippen molar-refractivity contribution in [2.24, 2.45) is 0 Å². The molecule has 0 aliphatic heterocycles. The highest BCUT2D eigenvalue weighted by Crippen LogP contribution is 2.24. The first-order valence-electron chi connectivity index (χ1n) is 5.43. The topological polar surface area (TPSA) is 30.2 Å². The molecule has 2 heterocycles. The summed E-state index contributed by atoms with van der Waals surface area (Å²) < 4.78 is 15.5. The predicted octanol–water partition coefficient (Wildman–Crippen LogP) is 3.26. The van der Waals surface area contributed by atoms with Crippen LogP contribution in [0.1, 0.15) is 0 Å². The highest BCUT2D eigenvalue weighted by Gasteiger charge is 2.10. The van der Waals surface area contributed by atoms with Crippen LogP contribution in [0, 0.1) is 5.82 Å². The van der Waals surface area contributed by atoms with Crippen LogP contribution in [0.15, 0.2) is 47.8 Å². The van der Waals surface area contributed by atoms with E-state index in [0.717, 1.165) is 11.2 Å². The molecule has 0 atom stereocenters. The molecule has 0 aliphatic rings. The van der Waals surface area contributed by atoms with Crippen molar-refractivity contribution in [1.82, 2.24) is 14.6 Å². The van der Waals surface area contributed by atoms with Crippen molar-refractivity contribution < 1.29 is 4.39 Å². The molecule has 0 fully saturated rings. The molecule has 2 aromatic heterocycles. The van der Waals surface area contributed by atoms with Crippen LogP contribution in [0.4, 0.5) is 4.39 Å². The third-order valence-corrected chi connectivity index (χ3v) is 3.26.